The number of anilines is 2. The minimum atomic E-state index is -3.61. The number of carbonyl (C=O) groups excluding carboxylic acids is 1. The monoisotopic (exact) mass is 630 g/mol. The molecule has 3 aromatic rings. The Hall–Kier alpha value is -3.94. The maximum absolute atomic E-state index is 13.2. The maximum Gasteiger partial charge on any atom is 0.338 e. The summed E-state index contributed by atoms with van der Waals surface area (Å²) in [7, 11) is 1.91. The fourth-order valence-electron chi connectivity index (χ4n) is 4.33. The first-order chi connectivity index (χ1) is 20.2. The van der Waals surface area contributed by atoms with Crippen LogP contribution in [0.5, 0.6) is 5.75 Å². The Labute approximate surface area is 260 Å². The van der Waals surface area contributed by atoms with Gasteiger partial charge in [-0.05, 0) is 73.8 Å². The van der Waals surface area contributed by atoms with Crippen LogP contribution in [0, 0.1) is 12.3 Å². The summed E-state index contributed by atoms with van der Waals surface area (Å²) >= 11 is 0. The number of nitrogens with one attached hydrogen (secondary N) is 2. The number of methoxy groups -OCH3 is 1. The zero-order valence-electron chi connectivity index (χ0n) is 27.3. The van der Waals surface area contributed by atoms with Crippen molar-refractivity contribution in [1.29, 1.82) is 0 Å². The van der Waals surface area contributed by atoms with Gasteiger partial charge >= 0.3 is 5.97 Å². The summed E-state index contributed by atoms with van der Waals surface area (Å²) in [4.78, 5) is 26.6. The molecule has 0 bridgehead atoms. The second kappa shape index (κ2) is 14.2. The molecule has 0 aliphatic heterocycles. The number of benzene rings is 2. The van der Waals surface area contributed by atoms with Gasteiger partial charge < -0.3 is 25.8 Å². The quantitative estimate of drug-likeness (QED) is 0.255. The Morgan fingerprint density at radius 3 is 2.14 bits per heavy atom. The van der Waals surface area contributed by atoms with Crippen LogP contribution >= 0.6 is 0 Å². The number of aryl methyl sites for hydroxylation is 1. The molecule has 0 unspecified atom stereocenters. The number of carboxylic acids is 1. The van der Waals surface area contributed by atoms with Crippen molar-refractivity contribution in [2.45, 2.75) is 47.0 Å². The lowest BCUT2D eigenvalue weighted by Gasteiger charge is -2.26. The van der Waals surface area contributed by atoms with Crippen LogP contribution in [0.25, 0.3) is 5.69 Å². The molecule has 5 N–H and O–H groups in total. The van der Waals surface area contributed by atoms with E-state index in [0.717, 1.165) is 30.5 Å². The number of hydrogen-bond donors (Lipinski definition) is 4. The van der Waals surface area contributed by atoms with E-state index in [1.165, 1.54) is 24.2 Å². The molecule has 44 heavy (non-hydrogen) atoms. The van der Waals surface area contributed by atoms with Crippen molar-refractivity contribution in [2.24, 2.45) is 11.1 Å². The number of carbonyl (C=O) groups is 2. The molecular formula is C31H46N6O6S. The van der Waals surface area contributed by atoms with Gasteiger partial charge in [-0.15, -0.1) is 0 Å². The van der Waals surface area contributed by atoms with Gasteiger partial charge in [0.2, 0.25) is 10.0 Å². The molecule has 13 heteroatoms. The normalized spacial score (nSPS) is 11.9. The van der Waals surface area contributed by atoms with Crippen LogP contribution in [-0.2, 0) is 15.4 Å². The summed E-state index contributed by atoms with van der Waals surface area (Å²) < 4.78 is 33.2. The zero-order chi connectivity index (χ0) is 33.6. The van der Waals surface area contributed by atoms with E-state index >= 15 is 0 Å². The first kappa shape index (κ1) is 36.3. The number of aromatic nitrogens is 2. The highest BCUT2D eigenvalue weighted by Crippen LogP contribution is 2.39. The SMILES string of the molecule is CN(C)CC(C)(C)CN.COc1c(NC(=O)c2ccc(C)c(-n3cc(C(=O)O)cn3)c2)cc(C(C)(C)C)cc1NS(C)(=O)=O. The van der Waals surface area contributed by atoms with Crippen LogP contribution in [0.15, 0.2) is 42.7 Å². The number of aromatic carboxylic acids is 1. The minimum absolute atomic E-state index is 0.0221. The maximum atomic E-state index is 13.2. The summed E-state index contributed by atoms with van der Waals surface area (Å²) in [5.74, 6) is -1.40. The van der Waals surface area contributed by atoms with E-state index in [1.807, 2.05) is 27.7 Å². The molecule has 0 saturated heterocycles. The number of sulfonamides is 1. The van der Waals surface area contributed by atoms with Gasteiger partial charge in [0.15, 0.2) is 5.75 Å². The average Bonchev–Trinajstić information content (AvgIpc) is 3.37. The van der Waals surface area contributed by atoms with Gasteiger partial charge in [0, 0.05) is 18.3 Å². The molecule has 3 rings (SSSR count). The highest BCUT2D eigenvalue weighted by molar-refractivity contribution is 7.92. The fourth-order valence-corrected chi connectivity index (χ4v) is 4.88. The van der Waals surface area contributed by atoms with Crippen molar-refractivity contribution < 1.29 is 27.9 Å². The van der Waals surface area contributed by atoms with Gasteiger partial charge in [-0.2, -0.15) is 5.10 Å². The number of amides is 1. The van der Waals surface area contributed by atoms with Gasteiger partial charge in [-0.1, -0.05) is 40.7 Å². The third-order valence-electron chi connectivity index (χ3n) is 6.55. The third kappa shape index (κ3) is 10.4. The second-order valence-electron chi connectivity index (χ2n) is 12.8. The van der Waals surface area contributed by atoms with Crippen molar-refractivity contribution in [3.8, 4) is 11.4 Å². The topological polar surface area (TPSA) is 169 Å². The number of rotatable bonds is 10. The van der Waals surface area contributed by atoms with Crippen LogP contribution in [0.1, 0.15) is 66.5 Å². The Morgan fingerprint density at radius 1 is 1.07 bits per heavy atom. The van der Waals surface area contributed by atoms with E-state index in [4.69, 9.17) is 10.5 Å². The summed E-state index contributed by atoms with van der Waals surface area (Å²) in [5, 5.41) is 16.1. The van der Waals surface area contributed by atoms with Crippen LogP contribution in [0.3, 0.4) is 0 Å². The van der Waals surface area contributed by atoms with E-state index in [2.05, 4.69) is 48.0 Å². The average molecular weight is 631 g/mol. The lowest BCUT2D eigenvalue weighted by molar-refractivity contribution is 0.0696. The molecule has 0 spiro atoms. The van der Waals surface area contributed by atoms with Gasteiger partial charge in [0.05, 0.1) is 42.2 Å². The number of nitrogens with two attached hydrogens (primary N) is 1. The molecule has 0 atom stereocenters. The second-order valence-corrected chi connectivity index (χ2v) is 14.5. The lowest BCUT2D eigenvalue weighted by Crippen LogP contribution is -2.34. The highest BCUT2D eigenvalue weighted by Gasteiger charge is 2.23. The molecule has 12 nitrogen and oxygen atoms in total. The molecule has 0 saturated carbocycles. The van der Waals surface area contributed by atoms with Crippen molar-refractivity contribution in [1.82, 2.24) is 14.7 Å². The summed E-state index contributed by atoms with van der Waals surface area (Å²) in [6.07, 6.45) is 3.63. The minimum Gasteiger partial charge on any atom is -0.492 e. The predicted molar refractivity (Wildman–Crippen MR) is 175 cm³/mol. The molecule has 0 aliphatic carbocycles. The van der Waals surface area contributed by atoms with Crippen molar-refractivity contribution >= 4 is 33.3 Å². The van der Waals surface area contributed by atoms with Gasteiger partial charge in [0.1, 0.15) is 0 Å². The van der Waals surface area contributed by atoms with Crippen LogP contribution < -0.4 is 20.5 Å². The van der Waals surface area contributed by atoms with E-state index in [1.54, 1.807) is 30.3 Å². The first-order valence-corrected chi connectivity index (χ1v) is 15.8. The summed E-state index contributed by atoms with van der Waals surface area (Å²) in [6, 6.07) is 8.37. The van der Waals surface area contributed by atoms with Crippen LogP contribution in [0.2, 0.25) is 0 Å². The van der Waals surface area contributed by atoms with E-state index < -0.39 is 21.9 Å². The Bertz CT molecular complexity index is 1590. The molecular weight excluding hydrogens is 584 g/mol. The number of carboxylic acid groups (broad SMARTS) is 1. The number of hydrogen-bond acceptors (Lipinski definition) is 8. The standard InChI is InChI=1S/C24H28N4O6S.C7H18N2/c1-14-7-8-15(9-20(14)28-13-16(12-25-28)23(30)31)22(29)26-18-10-17(24(2,3)4)11-19(21(18)34-5)27-35(6,32)33;1-7(2,5-8)6-9(3)4/h7-13,27H,1-6H3,(H,26,29)(H,30,31);5-6,8H2,1-4H3. The van der Waals surface area contributed by atoms with Gasteiger partial charge in [-0.3, -0.25) is 9.52 Å². The molecule has 2 aromatic carbocycles. The van der Waals surface area contributed by atoms with Crippen molar-refractivity contribution in [3.05, 3.63) is 65.0 Å². The molecule has 0 fully saturated rings. The highest BCUT2D eigenvalue weighted by atomic mass is 32.2. The van der Waals surface area contributed by atoms with E-state index in [0.29, 0.717) is 16.9 Å². The predicted octanol–water partition coefficient (Wildman–Crippen LogP) is 4.34. The van der Waals surface area contributed by atoms with Gasteiger partial charge in [0.25, 0.3) is 5.91 Å². The molecule has 242 valence electrons. The molecule has 0 radical (unpaired) electrons. The number of ether oxygens (including phenoxy) is 1. The Morgan fingerprint density at radius 2 is 1.68 bits per heavy atom. The summed E-state index contributed by atoms with van der Waals surface area (Å²) in [5.41, 5.74) is 8.37. The van der Waals surface area contributed by atoms with Crippen LogP contribution in [0.4, 0.5) is 11.4 Å². The molecule has 0 aliphatic rings. The molecule has 1 heterocycles. The third-order valence-corrected chi connectivity index (χ3v) is 7.14. The smallest absolute Gasteiger partial charge is 0.338 e. The van der Waals surface area contributed by atoms with Crippen molar-refractivity contribution in [2.75, 3.05) is 50.6 Å². The first-order valence-electron chi connectivity index (χ1n) is 13.9. The van der Waals surface area contributed by atoms with E-state index in [-0.39, 0.29) is 27.8 Å². The largest absolute Gasteiger partial charge is 0.492 e. The molecule has 1 amide bonds. The summed E-state index contributed by atoms with van der Waals surface area (Å²) in [6.45, 7) is 13.9. The van der Waals surface area contributed by atoms with Gasteiger partial charge in [-0.25, -0.2) is 17.9 Å². The van der Waals surface area contributed by atoms with E-state index in [9.17, 15) is 23.1 Å². The Kier molecular flexibility index (Phi) is 11.7. The lowest BCUT2D eigenvalue weighted by atomic mass is 9.86. The fraction of sp³-hybridized carbons (Fsp3) is 0.452. The Balaban J connectivity index is 0.000000651. The zero-order valence-corrected chi connectivity index (χ0v) is 28.1. The van der Waals surface area contributed by atoms with Crippen molar-refractivity contribution in [3.63, 3.8) is 0 Å². The van der Waals surface area contributed by atoms with Crippen LogP contribution in [-0.4, -0.2) is 80.6 Å². The molecule has 1 aromatic heterocycles. The number of nitrogens with zero attached hydrogens (tertiary/aromatic N) is 3.